The molecule has 0 atom stereocenters. The number of methoxy groups -OCH3 is 1. The first-order valence-corrected chi connectivity index (χ1v) is 7.24. The zero-order chi connectivity index (χ0) is 18.7. The predicted molar refractivity (Wildman–Crippen MR) is 83.2 cm³/mol. The molecule has 6 nitrogen and oxygen atoms in total. The number of halogens is 3. The van der Waals surface area contributed by atoms with Crippen LogP contribution in [-0.4, -0.2) is 29.6 Å². The first kappa shape index (κ1) is 17.5. The van der Waals surface area contributed by atoms with Crippen molar-refractivity contribution in [3.63, 3.8) is 0 Å². The van der Waals surface area contributed by atoms with Crippen LogP contribution in [0.1, 0.15) is 10.4 Å². The van der Waals surface area contributed by atoms with Gasteiger partial charge in [-0.1, -0.05) is 5.16 Å². The number of hydrogen-bond acceptors (Lipinski definition) is 6. The van der Waals surface area contributed by atoms with Gasteiger partial charge in [0, 0.05) is 11.1 Å². The van der Waals surface area contributed by atoms with Gasteiger partial charge in [0.25, 0.3) is 5.89 Å². The van der Waals surface area contributed by atoms with E-state index in [0.29, 0.717) is 16.7 Å². The van der Waals surface area contributed by atoms with Gasteiger partial charge in [-0.15, -0.1) is 13.2 Å². The second kappa shape index (κ2) is 6.87. The molecule has 0 spiro atoms. The van der Waals surface area contributed by atoms with Crippen LogP contribution in [-0.2, 0) is 4.74 Å². The molecule has 0 aliphatic heterocycles. The SMILES string of the molecule is COC(=O)c1ccc(-c2nc(-c3ccc(OC(F)(F)F)cc3)no2)cc1. The van der Waals surface area contributed by atoms with Crippen molar-refractivity contribution in [3.8, 4) is 28.6 Å². The molecule has 9 heteroatoms. The molecule has 134 valence electrons. The van der Waals surface area contributed by atoms with Crippen molar-refractivity contribution in [1.29, 1.82) is 0 Å². The summed E-state index contributed by atoms with van der Waals surface area (Å²) in [6, 6.07) is 11.4. The van der Waals surface area contributed by atoms with Gasteiger partial charge in [-0.05, 0) is 48.5 Å². The van der Waals surface area contributed by atoms with E-state index in [1.807, 2.05) is 0 Å². The van der Waals surface area contributed by atoms with Crippen LogP contribution in [0.5, 0.6) is 5.75 Å². The van der Waals surface area contributed by atoms with Gasteiger partial charge in [0.2, 0.25) is 5.82 Å². The summed E-state index contributed by atoms with van der Waals surface area (Å²) < 4.78 is 50.1. The fourth-order valence-electron chi connectivity index (χ4n) is 2.13. The molecule has 0 saturated heterocycles. The monoisotopic (exact) mass is 364 g/mol. The van der Waals surface area contributed by atoms with E-state index in [0.717, 1.165) is 12.1 Å². The Hall–Kier alpha value is -3.36. The second-order valence-corrected chi connectivity index (χ2v) is 5.06. The minimum Gasteiger partial charge on any atom is -0.465 e. The van der Waals surface area contributed by atoms with Crippen molar-refractivity contribution in [2.45, 2.75) is 6.36 Å². The maximum Gasteiger partial charge on any atom is 0.573 e. The first-order valence-electron chi connectivity index (χ1n) is 7.24. The summed E-state index contributed by atoms with van der Waals surface area (Å²) in [5.74, 6) is -0.407. The molecule has 0 aliphatic carbocycles. The Labute approximate surface area is 145 Å². The Morgan fingerprint density at radius 1 is 1.00 bits per heavy atom. The molecular weight excluding hydrogens is 353 g/mol. The van der Waals surface area contributed by atoms with Crippen LogP contribution in [0.3, 0.4) is 0 Å². The summed E-state index contributed by atoms with van der Waals surface area (Å²) >= 11 is 0. The highest BCUT2D eigenvalue weighted by Gasteiger charge is 2.31. The van der Waals surface area contributed by atoms with Gasteiger partial charge in [0.1, 0.15) is 5.75 Å². The van der Waals surface area contributed by atoms with Gasteiger partial charge in [0.05, 0.1) is 12.7 Å². The van der Waals surface area contributed by atoms with E-state index in [4.69, 9.17) is 4.52 Å². The van der Waals surface area contributed by atoms with Crippen LogP contribution in [0, 0.1) is 0 Å². The lowest BCUT2D eigenvalue weighted by Crippen LogP contribution is -2.16. The van der Waals surface area contributed by atoms with Crippen molar-refractivity contribution in [1.82, 2.24) is 10.1 Å². The Kier molecular flexibility index (Phi) is 4.61. The fourth-order valence-corrected chi connectivity index (χ4v) is 2.13. The van der Waals surface area contributed by atoms with Crippen molar-refractivity contribution >= 4 is 5.97 Å². The van der Waals surface area contributed by atoms with Crippen LogP contribution in [0.4, 0.5) is 13.2 Å². The number of aromatic nitrogens is 2. The van der Waals surface area contributed by atoms with Crippen molar-refractivity contribution in [3.05, 3.63) is 54.1 Å². The summed E-state index contributed by atoms with van der Waals surface area (Å²) in [5, 5.41) is 3.80. The molecule has 26 heavy (non-hydrogen) atoms. The molecule has 3 aromatic rings. The van der Waals surface area contributed by atoms with E-state index in [9.17, 15) is 18.0 Å². The summed E-state index contributed by atoms with van der Waals surface area (Å²) in [6.07, 6.45) is -4.75. The molecule has 1 aromatic heterocycles. The lowest BCUT2D eigenvalue weighted by Gasteiger charge is -2.08. The quantitative estimate of drug-likeness (QED) is 0.649. The Balaban J connectivity index is 1.78. The molecule has 0 unspecified atom stereocenters. The third-order valence-electron chi connectivity index (χ3n) is 3.33. The summed E-state index contributed by atoms with van der Waals surface area (Å²) in [5.41, 5.74) is 1.41. The third-order valence-corrected chi connectivity index (χ3v) is 3.33. The molecule has 1 heterocycles. The molecule has 0 fully saturated rings. The average molecular weight is 364 g/mol. The predicted octanol–water partition coefficient (Wildman–Crippen LogP) is 4.09. The largest absolute Gasteiger partial charge is 0.573 e. The molecule has 0 amide bonds. The molecule has 0 bridgehead atoms. The maximum absolute atomic E-state index is 12.2. The number of ether oxygens (including phenoxy) is 2. The number of benzene rings is 2. The number of esters is 1. The standard InChI is InChI=1S/C17H11F3N2O4/c1-24-16(23)12-4-2-11(3-5-12)15-21-14(22-26-15)10-6-8-13(9-7-10)25-17(18,19)20/h2-9H,1H3. The minimum absolute atomic E-state index is 0.201. The number of carbonyl (C=O) groups is 1. The molecule has 0 N–H and O–H groups in total. The first-order chi connectivity index (χ1) is 12.4. The average Bonchev–Trinajstić information content (AvgIpc) is 3.10. The van der Waals surface area contributed by atoms with Gasteiger partial charge in [-0.25, -0.2) is 4.79 Å². The minimum atomic E-state index is -4.75. The smallest absolute Gasteiger partial charge is 0.465 e. The Morgan fingerprint density at radius 3 is 2.19 bits per heavy atom. The van der Waals surface area contributed by atoms with Crippen LogP contribution < -0.4 is 4.74 Å². The molecule has 3 rings (SSSR count). The highest BCUT2D eigenvalue weighted by Crippen LogP contribution is 2.27. The lowest BCUT2D eigenvalue weighted by atomic mass is 10.1. The van der Waals surface area contributed by atoms with Gasteiger partial charge in [0.15, 0.2) is 0 Å². The Morgan fingerprint density at radius 2 is 1.62 bits per heavy atom. The Bertz CT molecular complexity index is 903. The third kappa shape index (κ3) is 4.00. The van der Waals surface area contributed by atoms with Crippen LogP contribution >= 0.6 is 0 Å². The summed E-state index contributed by atoms with van der Waals surface area (Å²) in [6.45, 7) is 0. The van der Waals surface area contributed by atoms with E-state index < -0.39 is 12.3 Å². The summed E-state index contributed by atoms with van der Waals surface area (Å²) in [4.78, 5) is 15.6. The molecule has 0 radical (unpaired) electrons. The topological polar surface area (TPSA) is 74.5 Å². The van der Waals surface area contributed by atoms with Crippen molar-refractivity contribution in [2.24, 2.45) is 0 Å². The second-order valence-electron chi connectivity index (χ2n) is 5.06. The highest BCUT2D eigenvalue weighted by atomic mass is 19.4. The van der Waals surface area contributed by atoms with Crippen LogP contribution in [0.25, 0.3) is 22.8 Å². The fraction of sp³-hybridized carbons (Fsp3) is 0.118. The number of carbonyl (C=O) groups excluding carboxylic acids is 1. The van der Waals surface area contributed by atoms with Gasteiger partial charge < -0.3 is 14.0 Å². The normalized spacial score (nSPS) is 11.2. The van der Waals surface area contributed by atoms with Gasteiger partial charge in [-0.2, -0.15) is 4.98 Å². The van der Waals surface area contributed by atoms with E-state index in [-0.39, 0.29) is 17.5 Å². The molecular formula is C17H11F3N2O4. The van der Waals surface area contributed by atoms with Crippen LogP contribution in [0.2, 0.25) is 0 Å². The molecule has 0 aliphatic rings. The number of nitrogens with zero attached hydrogens (tertiary/aromatic N) is 2. The zero-order valence-electron chi connectivity index (χ0n) is 13.3. The number of rotatable bonds is 4. The van der Waals surface area contributed by atoms with Gasteiger partial charge >= 0.3 is 12.3 Å². The zero-order valence-corrected chi connectivity index (χ0v) is 13.3. The lowest BCUT2D eigenvalue weighted by molar-refractivity contribution is -0.274. The van der Waals surface area contributed by atoms with Crippen LogP contribution in [0.15, 0.2) is 53.1 Å². The van der Waals surface area contributed by atoms with Crippen molar-refractivity contribution in [2.75, 3.05) is 7.11 Å². The molecule has 0 saturated carbocycles. The summed E-state index contributed by atoms with van der Waals surface area (Å²) in [7, 11) is 1.28. The van der Waals surface area contributed by atoms with Gasteiger partial charge in [-0.3, -0.25) is 0 Å². The molecule has 2 aromatic carbocycles. The van der Waals surface area contributed by atoms with E-state index in [1.54, 1.807) is 24.3 Å². The van der Waals surface area contributed by atoms with E-state index in [1.165, 1.54) is 19.2 Å². The van der Waals surface area contributed by atoms with E-state index >= 15 is 0 Å². The number of alkyl halides is 3. The van der Waals surface area contributed by atoms with E-state index in [2.05, 4.69) is 19.6 Å². The number of hydrogen-bond donors (Lipinski definition) is 0. The maximum atomic E-state index is 12.2. The highest BCUT2D eigenvalue weighted by molar-refractivity contribution is 5.89. The van der Waals surface area contributed by atoms with Crippen molar-refractivity contribution < 1.29 is 32.0 Å².